The topological polar surface area (TPSA) is 46.5 Å². The molecular weight excluding hydrogens is 222 g/mol. The van der Waals surface area contributed by atoms with Gasteiger partial charge in [-0.1, -0.05) is 17.4 Å². The van der Waals surface area contributed by atoms with Crippen LogP contribution in [0.1, 0.15) is 19.4 Å². The quantitative estimate of drug-likeness (QED) is 0.599. The zero-order valence-corrected chi connectivity index (χ0v) is 10.3. The van der Waals surface area contributed by atoms with Gasteiger partial charge in [-0.2, -0.15) is 0 Å². The maximum atomic E-state index is 5.32. The third kappa shape index (κ3) is 1.57. The monoisotopic (exact) mass is 235 g/mol. The fourth-order valence-corrected chi connectivity index (χ4v) is 1.85. The maximum Gasteiger partial charge on any atom is 0.140 e. The van der Waals surface area contributed by atoms with Gasteiger partial charge in [-0.3, -0.25) is 0 Å². The molecule has 1 aliphatic rings. The molecule has 0 fully saturated rings. The molecule has 5 heteroatoms. The molecule has 0 amide bonds. The van der Waals surface area contributed by atoms with Crippen molar-refractivity contribution in [1.29, 1.82) is 0 Å². The number of pyridine rings is 1. The molecular formula is C11H13N3OS. The predicted molar refractivity (Wildman–Crippen MR) is 67.8 cm³/mol. The molecule has 2 heterocycles. The average Bonchev–Trinajstić information content (AvgIpc) is 2.25. The van der Waals surface area contributed by atoms with Crippen LogP contribution >= 0.6 is 12.2 Å². The molecule has 0 aromatic carbocycles. The molecule has 2 rings (SSSR count). The van der Waals surface area contributed by atoms with E-state index in [1.54, 1.807) is 6.20 Å². The first-order chi connectivity index (χ1) is 7.57. The Kier molecular flexibility index (Phi) is 2.63. The van der Waals surface area contributed by atoms with Gasteiger partial charge < -0.3 is 10.2 Å². The van der Waals surface area contributed by atoms with Gasteiger partial charge in [0.1, 0.15) is 18.6 Å². The van der Waals surface area contributed by atoms with E-state index >= 15 is 0 Å². The van der Waals surface area contributed by atoms with Crippen LogP contribution in [0.25, 0.3) is 0 Å². The van der Waals surface area contributed by atoms with Crippen molar-refractivity contribution >= 4 is 28.7 Å². The highest BCUT2D eigenvalue weighted by molar-refractivity contribution is 7.80. The molecule has 0 bridgehead atoms. The van der Waals surface area contributed by atoms with Crippen LogP contribution in [0.15, 0.2) is 23.5 Å². The van der Waals surface area contributed by atoms with E-state index < -0.39 is 0 Å². The third-order valence-electron chi connectivity index (χ3n) is 2.64. The van der Waals surface area contributed by atoms with Gasteiger partial charge in [0.05, 0.1) is 10.4 Å². The average molecular weight is 235 g/mol. The van der Waals surface area contributed by atoms with E-state index in [0.29, 0.717) is 4.99 Å². The van der Waals surface area contributed by atoms with Gasteiger partial charge in [0.25, 0.3) is 0 Å². The van der Waals surface area contributed by atoms with Gasteiger partial charge >= 0.3 is 0 Å². The molecule has 4 nitrogen and oxygen atoms in total. The van der Waals surface area contributed by atoms with Crippen molar-refractivity contribution in [3.05, 3.63) is 23.9 Å². The van der Waals surface area contributed by atoms with Crippen LogP contribution in [-0.2, 0) is 4.84 Å². The normalized spacial score (nSPS) is 20.2. The lowest BCUT2D eigenvalue weighted by atomic mass is 9.81. The number of fused-ring (bicyclic) bond motifs is 1. The third-order valence-corrected chi connectivity index (χ3v) is 3.25. The van der Waals surface area contributed by atoms with Crippen LogP contribution in [-0.4, -0.2) is 22.8 Å². The summed E-state index contributed by atoms with van der Waals surface area (Å²) in [6.45, 7) is 4.02. The highest BCUT2D eigenvalue weighted by Crippen LogP contribution is 2.33. The lowest BCUT2D eigenvalue weighted by Crippen LogP contribution is -2.42. The lowest BCUT2D eigenvalue weighted by Gasteiger charge is -2.33. The second-order valence-corrected chi connectivity index (χ2v) is 4.51. The number of nitrogens with one attached hydrogen (secondary N) is 1. The maximum absolute atomic E-state index is 5.32. The molecule has 0 saturated heterocycles. The molecule has 0 aliphatic carbocycles. The summed E-state index contributed by atoms with van der Waals surface area (Å²) in [5.74, 6) is 0.739. The number of aromatic nitrogens is 1. The number of nitrogens with zero attached hydrogens (tertiary/aromatic N) is 2. The van der Waals surface area contributed by atoms with Crippen molar-refractivity contribution in [3.8, 4) is 0 Å². The number of hydrogen-bond acceptors (Lipinski definition) is 4. The Morgan fingerprint density at radius 1 is 1.50 bits per heavy atom. The molecule has 1 aromatic rings. The van der Waals surface area contributed by atoms with Crippen molar-refractivity contribution in [3.63, 3.8) is 0 Å². The molecule has 1 aromatic heterocycles. The van der Waals surface area contributed by atoms with Gasteiger partial charge in [0.2, 0.25) is 0 Å². The second-order valence-electron chi connectivity index (χ2n) is 4.10. The van der Waals surface area contributed by atoms with Crippen molar-refractivity contribution in [1.82, 2.24) is 4.98 Å². The van der Waals surface area contributed by atoms with Gasteiger partial charge in [0.15, 0.2) is 0 Å². The molecule has 0 spiro atoms. The van der Waals surface area contributed by atoms with Gasteiger partial charge in [-0.05, 0) is 26.0 Å². The van der Waals surface area contributed by atoms with Gasteiger partial charge in [-0.15, -0.1) is 0 Å². The summed E-state index contributed by atoms with van der Waals surface area (Å²) in [7, 11) is 1.53. The van der Waals surface area contributed by atoms with E-state index in [1.807, 2.05) is 26.0 Å². The standard InChI is InChI=1S/C11H13N3OS/c1-11(2)8(14-15-3)7-5-4-6-12-9(7)13-10(11)16/h4-6H,1-3H3,(H,12,13,16). The minimum absolute atomic E-state index is 0.346. The largest absolute Gasteiger partial charge is 0.399 e. The Labute approximate surface area is 99.7 Å². The number of rotatable bonds is 1. The SMILES string of the molecule is CON=C1c2cccnc2NC(=S)C1(C)C. The first kappa shape index (κ1) is 11.0. The van der Waals surface area contributed by atoms with Crippen LogP contribution in [0, 0.1) is 5.41 Å². The van der Waals surface area contributed by atoms with Crippen LogP contribution in [0.5, 0.6) is 0 Å². The summed E-state index contributed by atoms with van der Waals surface area (Å²) in [5, 5.41) is 7.20. The lowest BCUT2D eigenvalue weighted by molar-refractivity contribution is 0.211. The smallest absolute Gasteiger partial charge is 0.140 e. The minimum atomic E-state index is -0.346. The first-order valence-corrected chi connectivity index (χ1v) is 5.36. The number of oxime groups is 1. The number of anilines is 1. The molecule has 16 heavy (non-hydrogen) atoms. The Morgan fingerprint density at radius 3 is 2.94 bits per heavy atom. The van der Waals surface area contributed by atoms with Crippen LogP contribution in [0.4, 0.5) is 5.82 Å². The Hall–Kier alpha value is -1.49. The summed E-state index contributed by atoms with van der Waals surface area (Å²) in [4.78, 5) is 9.83. The van der Waals surface area contributed by atoms with Crippen LogP contribution < -0.4 is 5.32 Å². The molecule has 0 saturated carbocycles. The van der Waals surface area contributed by atoms with E-state index in [2.05, 4.69) is 15.5 Å². The van der Waals surface area contributed by atoms with Crippen LogP contribution in [0.2, 0.25) is 0 Å². The van der Waals surface area contributed by atoms with Crippen molar-refractivity contribution in [2.24, 2.45) is 10.6 Å². The van der Waals surface area contributed by atoms with E-state index in [4.69, 9.17) is 17.1 Å². The first-order valence-electron chi connectivity index (χ1n) is 4.96. The van der Waals surface area contributed by atoms with E-state index in [9.17, 15) is 0 Å². The second kappa shape index (κ2) is 3.83. The minimum Gasteiger partial charge on any atom is -0.399 e. The summed E-state index contributed by atoms with van der Waals surface area (Å²) in [5.41, 5.74) is 1.39. The molecule has 84 valence electrons. The van der Waals surface area contributed by atoms with Crippen molar-refractivity contribution in [2.45, 2.75) is 13.8 Å². The summed E-state index contributed by atoms with van der Waals surface area (Å²) >= 11 is 5.32. The Morgan fingerprint density at radius 2 is 2.25 bits per heavy atom. The van der Waals surface area contributed by atoms with Crippen molar-refractivity contribution in [2.75, 3.05) is 12.4 Å². The van der Waals surface area contributed by atoms with E-state index in [1.165, 1.54) is 7.11 Å². The summed E-state index contributed by atoms with van der Waals surface area (Å²) in [6, 6.07) is 3.83. The molecule has 0 atom stereocenters. The molecule has 1 aliphatic heterocycles. The molecule has 1 N–H and O–H groups in total. The fourth-order valence-electron chi connectivity index (χ4n) is 1.66. The Bertz CT molecular complexity index is 468. The van der Waals surface area contributed by atoms with E-state index in [0.717, 1.165) is 17.1 Å². The highest BCUT2D eigenvalue weighted by atomic mass is 32.1. The predicted octanol–water partition coefficient (Wildman–Crippen LogP) is 2.21. The summed E-state index contributed by atoms with van der Waals surface area (Å²) < 4.78 is 0. The van der Waals surface area contributed by atoms with Crippen LogP contribution in [0.3, 0.4) is 0 Å². The highest BCUT2D eigenvalue weighted by Gasteiger charge is 2.38. The zero-order valence-electron chi connectivity index (χ0n) is 9.44. The molecule has 0 radical (unpaired) electrons. The zero-order chi connectivity index (χ0) is 11.8. The van der Waals surface area contributed by atoms with E-state index in [-0.39, 0.29) is 5.41 Å². The van der Waals surface area contributed by atoms with Gasteiger partial charge in [0, 0.05) is 11.8 Å². The molecule has 0 unspecified atom stereocenters. The fraction of sp³-hybridized carbons (Fsp3) is 0.364. The summed E-state index contributed by atoms with van der Waals surface area (Å²) in [6.07, 6.45) is 1.72. The number of thiocarbonyl (C=S) groups is 1. The van der Waals surface area contributed by atoms with Gasteiger partial charge in [-0.25, -0.2) is 4.98 Å². The van der Waals surface area contributed by atoms with Crippen molar-refractivity contribution < 1.29 is 4.84 Å². The number of hydrogen-bond donors (Lipinski definition) is 1. The Balaban J connectivity index is 2.63.